The Morgan fingerprint density at radius 3 is 2.65 bits per heavy atom. The molecule has 0 radical (unpaired) electrons. The first-order valence-corrected chi connectivity index (χ1v) is 8.52. The van der Waals surface area contributed by atoms with Crippen LogP contribution in [0, 0.1) is 13.8 Å². The third kappa shape index (κ3) is 2.90. The molecule has 1 unspecified atom stereocenters. The van der Waals surface area contributed by atoms with Crippen LogP contribution in [0.15, 0.2) is 23.1 Å². The molecule has 0 aromatic heterocycles. The van der Waals surface area contributed by atoms with Gasteiger partial charge in [0, 0.05) is 13.1 Å². The fourth-order valence-corrected chi connectivity index (χ4v) is 4.56. The molecule has 1 atom stereocenters. The van der Waals surface area contributed by atoms with Crippen LogP contribution in [0.2, 0.25) is 0 Å². The van der Waals surface area contributed by atoms with Crippen LogP contribution in [0.5, 0.6) is 0 Å². The highest BCUT2D eigenvalue weighted by atomic mass is 32.2. The molecule has 0 aliphatic carbocycles. The van der Waals surface area contributed by atoms with Gasteiger partial charge in [-0.05, 0) is 44.7 Å². The van der Waals surface area contributed by atoms with Crippen molar-refractivity contribution in [3.8, 4) is 0 Å². The molecule has 1 saturated heterocycles. The molecule has 1 N–H and O–H groups in total. The Morgan fingerprint density at radius 1 is 1.35 bits per heavy atom. The summed E-state index contributed by atoms with van der Waals surface area (Å²) in [5.41, 5.74) is 0.921. The van der Waals surface area contributed by atoms with Gasteiger partial charge in [-0.15, -0.1) is 0 Å². The summed E-state index contributed by atoms with van der Waals surface area (Å²) in [5, 5.41) is 10.4. The minimum absolute atomic E-state index is 0.194. The highest BCUT2D eigenvalue weighted by Gasteiger charge is 2.37. The van der Waals surface area contributed by atoms with Crippen LogP contribution in [-0.4, -0.2) is 36.5 Å². The summed E-state index contributed by atoms with van der Waals surface area (Å²) in [4.78, 5) is 0.350. The summed E-state index contributed by atoms with van der Waals surface area (Å²) in [6.45, 7) is 6.33. The third-order valence-electron chi connectivity index (χ3n) is 4.13. The van der Waals surface area contributed by atoms with Crippen LogP contribution in [0.1, 0.15) is 37.3 Å². The average Bonchev–Trinajstić information content (AvgIpc) is 2.38. The van der Waals surface area contributed by atoms with Crippen molar-refractivity contribution in [2.75, 3.05) is 13.1 Å². The molecule has 4 nitrogen and oxygen atoms in total. The molecular weight excluding hydrogens is 274 g/mol. The van der Waals surface area contributed by atoms with Crippen molar-refractivity contribution < 1.29 is 13.5 Å². The lowest BCUT2D eigenvalue weighted by Crippen LogP contribution is -2.49. The van der Waals surface area contributed by atoms with Crippen molar-refractivity contribution in [3.05, 3.63) is 29.3 Å². The third-order valence-corrected chi connectivity index (χ3v) is 6.13. The number of hydrogen-bond donors (Lipinski definition) is 1. The molecule has 0 saturated carbocycles. The van der Waals surface area contributed by atoms with Gasteiger partial charge in [-0.3, -0.25) is 0 Å². The molecule has 0 amide bonds. The summed E-state index contributed by atoms with van der Waals surface area (Å²) >= 11 is 0. The second-order valence-corrected chi connectivity index (χ2v) is 7.70. The zero-order valence-electron chi connectivity index (χ0n) is 12.4. The van der Waals surface area contributed by atoms with Crippen molar-refractivity contribution >= 4 is 10.0 Å². The Hall–Kier alpha value is -0.910. The molecule has 20 heavy (non-hydrogen) atoms. The number of benzene rings is 1. The van der Waals surface area contributed by atoms with Gasteiger partial charge in [-0.2, -0.15) is 4.31 Å². The molecule has 0 spiro atoms. The fraction of sp³-hybridized carbons (Fsp3) is 0.600. The molecule has 1 aromatic rings. The first-order valence-electron chi connectivity index (χ1n) is 7.08. The molecule has 5 heteroatoms. The minimum Gasteiger partial charge on any atom is -0.389 e. The van der Waals surface area contributed by atoms with Gasteiger partial charge in [0.15, 0.2) is 0 Å². The summed E-state index contributed by atoms with van der Waals surface area (Å²) in [6, 6.07) is 5.36. The van der Waals surface area contributed by atoms with Crippen LogP contribution in [0.25, 0.3) is 0 Å². The molecule has 1 aliphatic heterocycles. The number of piperidine rings is 1. The number of β-amino-alcohol motifs (C(OH)–C–C–N with tert-alkyl or cyclic N) is 1. The zero-order valence-corrected chi connectivity index (χ0v) is 13.2. The van der Waals surface area contributed by atoms with Gasteiger partial charge >= 0.3 is 0 Å². The Bertz CT molecular complexity index is 597. The molecule has 112 valence electrons. The number of nitrogens with zero attached hydrogens (tertiary/aromatic N) is 1. The highest BCUT2D eigenvalue weighted by Crippen LogP contribution is 2.29. The maximum atomic E-state index is 12.7. The first kappa shape index (κ1) is 15.5. The monoisotopic (exact) mass is 297 g/mol. The van der Waals surface area contributed by atoms with E-state index in [0.717, 1.165) is 11.1 Å². The van der Waals surface area contributed by atoms with Crippen molar-refractivity contribution in [3.63, 3.8) is 0 Å². The van der Waals surface area contributed by atoms with Gasteiger partial charge < -0.3 is 5.11 Å². The maximum Gasteiger partial charge on any atom is 0.243 e. The van der Waals surface area contributed by atoms with Crippen LogP contribution < -0.4 is 0 Å². The molecular formula is C15H23NO3S. The molecule has 1 aromatic carbocycles. The van der Waals surface area contributed by atoms with E-state index in [-0.39, 0.29) is 6.54 Å². The summed E-state index contributed by atoms with van der Waals surface area (Å²) < 4.78 is 26.9. The first-order chi connectivity index (χ1) is 9.28. The second kappa shape index (κ2) is 5.47. The Morgan fingerprint density at radius 2 is 2.05 bits per heavy atom. The van der Waals surface area contributed by atoms with E-state index in [1.807, 2.05) is 32.9 Å². The molecule has 0 bridgehead atoms. The number of rotatable bonds is 3. The fourth-order valence-electron chi connectivity index (χ4n) is 2.79. The largest absolute Gasteiger partial charge is 0.389 e. The Kier molecular flexibility index (Phi) is 4.23. The van der Waals surface area contributed by atoms with E-state index in [4.69, 9.17) is 0 Å². The van der Waals surface area contributed by atoms with Gasteiger partial charge in [0.1, 0.15) is 0 Å². The predicted octanol–water partition coefficient (Wildman–Crippen LogP) is 2.23. The predicted molar refractivity (Wildman–Crippen MR) is 79.1 cm³/mol. The van der Waals surface area contributed by atoms with Crippen LogP contribution in [-0.2, 0) is 10.0 Å². The average molecular weight is 297 g/mol. The normalized spacial score (nSPS) is 24.8. The minimum atomic E-state index is -3.52. The number of aliphatic hydroxyl groups is 1. The van der Waals surface area contributed by atoms with Crippen LogP contribution in [0.4, 0.5) is 0 Å². The second-order valence-electron chi connectivity index (χ2n) is 5.79. The van der Waals surface area contributed by atoms with Gasteiger partial charge in [0.05, 0.1) is 10.5 Å². The van der Waals surface area contributed by atoms with Gasteiger partial charge in [0.25, 0.3) is 0 Å². The number of aryl methyl sites for hydroxylation is 2. The van der Waals surface area contributed by atoms with E-state index in [1.54, 1.807) is 6.07 Å². The van der Waals surface area contributed by atoms with Crippen molar-refractivity contribution in [2.24, 2.45) is 0 Å². The Balaban J connectivity index is 2.35. The molecule has 1 fully saturated rings. The molecule has 2 rings (SSSR count). The van der Waals surface area contributed by atoms with Crippen molar-refractivity contribution in [2.45, 2.75) is 50.5 Å². The van der Waals surface area contributed by atoms with E-state index in [2.05, 4.69) is 0 Å². The van der Waals surface area contributed by atoms with E-state index in [0.29, 0.717) is 30.7 Å². The van der Waals surface area contributed by atoms with E-state index in [9.17, 15) is 13.5 Å². The van der Waals surface area contributed by atoms with Crippen LogP contribution >= 0.6 is 0 Å². The van der Waals surface area contributed by atoms with E-state index >= 15 is 0 Å². The lowest BCUT2D eigenvalue weighted by atomic mass is 9.92. The SMILES string of the molecule is CCC1(O)CCCN(S(=O)(=O)c2ccc(C)cc2C)C1. The van der Waals surface area contributed by atoms with E-state index < -0.39 is 15.6 Å². The van der Waals surface area contributed by atoms with Gasteiger partial charge in [0.2, 0.25) is 10.0 Å². The summed E-state index contributed by atoms with van der Waals surface area (Å²) in [6.07, 6.45) is 1.95. The van der Waals surface area contributed by atoms with Crippen molar-refractivity contribution in [1.29, 1.82) is 0 Å². The lowest BCUT2D eigenvalue weighted by molar-refractivity contribution is -0.0107. The molecule has 1 heterocycles. The van der Waals surface area contributed by atoms with Crippen molar-refractivity contribution in [1.82, 2.24) is 4.31 Å². The van der Waals surface area contributed by atoms with Gasteiger partial charge in [-0.1, -0.05) is 24.6 Å². The number of hydrogen-bond acceptors (Lipinski definition) is 3. The maximum absolute atomic E-state index is 12.7. The smallest absolute Gasteiger partial charge is 0.243 e. The highest BCUT2D eigenvalue weighted by molar-refractivity contribution is 7.89. The summed E-state index contributed by atoms with van der Waals surface area (Å²) in [7, 11) is -3.52. The Labute approximate surface area is 121 Å². The molecule has 1 aliphatic rings. The zero-order chi connectivity index (χ0) is 15.0. The lowest BCUT2D eigenvalue weighted by Gasteiger charge is -2.38. The standard InChI is InChI=1S/C15H23NO3S/c1-4-15(17)8-5-9-16(11-15)20(18,19)14-7-6-12(2)10-13(14)3/h6-7,10,17H,4-5,8-9,11H2,1-3H3. The quantitative estimate of drug-likeness (QED) is 0.931. The topological polar surface area (TPSA) is 57.6 Å². The van der Waals surface area contributed by atoms with Crippen LogP contribution in [0.3, 0.4) is 0 Å². The number of sulfonamides is 1. The summed E-state index contributed by atoms with van der Waals surface area (Å²) in [5.74, 6) is 0. The van der Waals surface area contributed by atoms with E-state index in [1.165, 1.54) is 4.31 Å². The van der Waals surface area contributed by atoms with Gasteiger partial charge in [-0.25, -0.2) is 8.42 Å².